The Morgan fingerprint density at radius 3 is 3.00 bits per heavy atom. The second-order valence-corrected chi connectivity index (χ2v) is 7.52. The molecule has 0 bridgehead atoms. The van der Waals surface area contributed by atoms with E-state index in [9.17, 15) is 9.59 Å². The summed E-state index contributed by atoms with van der Waals surface area (Å²) in [5.41, 5.74) is 1.35. The normalized spacial score (nSPS) is 17.2. The number of aromatic nitrogens is 1. The lowest BCUT2D eigenvalue weighted by Crippen LogP contribution is -2.33. The lowest BCUT2D eigenvalue weighted by molar-refractivity contribution is -0.117. The summed E-state index contributed by atoms with van der Waals surface area (Å²) in [6.07, 6.45) is 0.660. The van der Waals surface area contributed by atoms with Gasteiger partial charge in [-0.2, -0.15) is 0 Å². The first-order valence-electron chi connectivity index (χ1n) is 7.76. The van der Waals surface area contributed by atoms with Crippen LogP contribution in [-0.2, 0) is 9.53 Å². The molecule has 6 nitrogen and oxygen atoms in total. The van der Waals surface area contributed by atoms with Crippen LogP contribution in [0.15, 0.2) is 35.7 Å². The zero-order valence-electron chi connectivity index (χ0n) is 13.4. The molecule has 1 aliphatic heterocycles. The van der Waals surface area contributed by atoms with Crippen LogP contribution in [-0.4, -0.2) is 36.6 Å². The van der Waals surface area contributed by atoms with Gasteiger partial charge in [0.2, 0.25) is 5.91 Å². The summed E-state index contributed by atoms with van der Waals surface area (Å²) >= 11 is 2.90. The van der Waals surface area contributed by atoms with Gasteiger partial charge >= 0.3 is 5.97 Å². The van der Waals surface area contributed by atoms with Gasteiger partial charge in [0, 0.05) is 6.54 Å². The van der Waals surface area contributed by atoms with Gasteiger partial charge in [0.15, 0.2) is 5.13 Å². The molecule has 1 atom stereocenters. The molecule has 1 amide bonds. The molecule has 3 aromatic rings. The fourth-order valence-corrected chi connectivity index (χ4v) is 4.71. The lowest BCUT2D eigenvalue weighted by Gasteiger charge is -2.16. The predicted molar refractivity (Wildman–Crippen MR) is 99.7 cm³/mol. The number of anilines is 2. The van der Waals surface area contributed by atoms with Gasteiger partial charge in [0.25, 0.3) is 0 Å². The summed E-state index contributed by atoms with van der Waals surface area (Å²) < 4.78 is 5.87. The number of hydrogen-bond donors (Lipinski definition) is 1. The molecule has 1 aromatic carbocycles. The summed E-state index contributed by atoms with van der Waals surface area (Å²) in [5, 5.41) is 6.41. The van der Waals surface area contributed by atoms with E-state index < -0.39 is 5.97 Å². The molecule has 128 valence electrons. The zero-order valence-corrected chi connectivity index (χ0v) is 15.0. The first-order chi connectivity index (χ1) is 12.2. The highest BCUT2D eigenvalue weighted by molar-refractivity contribution is 7.22. The van der Waals surface area contributed by atoms with Gasteiger partial charge in [-0.1, -0.05) is 23.5 Å². The van der Waals surface area contributed by atoms with Gasteiger partial charge < -0.3 is 15.0 Å². The monoisotopic (exact) mass is 373 g/mol. The summed E-state index contributed by atoms with van der Waals surface area (Å²) in [6, 6.07) is 9.22. The zero-order chi connectivity index (χ0) is 17.4. The van der Waals surface area contributed by atoms with Crippen molar-refractivity contribution in [3.63, 3.8) is 0 Å². The van der Waals surface area contributed by atoms with Crippen LogP contribution in [0.25, 0.3) is 10.2 Å². The first-order valence-corrected chi connectivity index (χ1v) is 9.46. The molecule has 0 spiro atoms. The summed E-state index contributed by atoms with van der Waals surface area (Å²) in [5.74, 6) is -0.474. The number of carbonyl (C=O) groups excluding carboxylic acids is 2. The third kappa shape index (κ3) is 2.87. The first kappa shape index (κ1) is 16.0. The Morgan fingerprint density at radius 1 is 1.36 bits per heavy atom. The van der Waals surface area contributed by atoms with Crippen LogP contribution in [0.4, 0.5) is 10.1 Å². The molecule has 3 heterocycles. The minimum Gasteiger partial charge on any atom is -0.465 e. The van der Waals surface area contributed by atoms with E-state index in [1.807, 2.05) is 24.3 Å². The van der Waals surface area contributed by atoms with Gasteiger partial charge in [-0.15, -0.1) is 11.3 Å². The highest BCUT2D eigenvalue weighted by atomic mass is 32.1. The number of methoxy groups -OCH3 is 1. The van der Waals surface area contributed by atoms with Crippen LogP contribution >= 0.6 is 22.7 Å². The molecule has 0 aliphatic carbocycles. The van der Waals surface area contributed by atoms with E-state index in [2.05, 4.69) is 10.3 Å². The minimum absolute atomic E-state index is 0.0492. The maximum Gasteiger partial charge on any atom is 0.340 e. The highest BCUT2D eigenvalue weighted by Crippen LogP contribution is 2.33. The van der Waals surface area contributed by atoms with Crippen molar-refractivity contribution in [1.82, 2.24) is 4.98 Å². The number of hydrogen-bond acceptors (Lipinski definition) is 7. The summed E-state index contributed by atoms with van der Waals surface area (Å²) in [6.45, 7) is 0.561. The van der Waals surface area contributed by atoms with Crippen molar-refractivity contribution in [2.75, 3.05) is 23.9 Å². The molecule has 1 unspecified atom stereocenters. The quantitative estimate of drug-likeness (QED) is 0.710. The van der Waals surface area contributed by atoms with E-state index in [0.29, 0.717) is 23.5 Å². The highest BCUT2D eigenvalue weighted by Gasteiger charge is 2.35. The van der Waals surface area contributed by atoms with Crippen molar-refractivity contribution in [3.8, 4) is 0 Å². The predicted octanol–water partition coefficient (Wildman–Crippen LogP) is 3.36. The van der Waals surface area contributed by atoms with Crippen molar-refractivity contribution in [2.24, 2.45) is 0 Å². The van der Waals surface area contributed by atoms with Crippen molar-refractivity contribution >= 4 is 54.9 Å². The number of amides is 1. The number of ether oxygens (including phenoxy) is 1. The Labute approximate surface area is 152 Å². The Morgan fingerprint density at radius 2 is 2.20 bits per heavy atom. The van der Waals surface area contributed by atoms with E-state index >= 15 is 0 Å². The number of benzene rings is 1. The maximum atomic E-state index is 12.8. The molecule has 4 rings (SSSR count). The topological polar surface area (TPSA) is 71.5 Å². The van der Waals surface area contributed by atoms with Crippen molar-refractivity contribution < 1.29 is 14.3 Å². The number of thiophene rings is 1. The number of esters is 1. The van der Waals surface area contributed by atoms with Crippen LogP contribution in [0.1, 0.15) is 16.8 Å². The number of thiazole rings is 1. The Kier molecular flexibility index (Phi) is 4.14. The van der Waals surface area contributed by atoms with E-state index in [1.165, 1.54) is 29.8 Å². The van der Waals surface area contributed by atoms with E-state index in [-0.39, 0.29) is 11.9 Å². The van der Waals surface area contributed by atoms with Gasteiger partial charge in [-0.25, -0.2) is 9.78 Å². The van der Waals surface area contributed by atoms with Crippen molar-refractivity contribution in [1.29, 1.82) is 0 Å². The lowest BCUT2D eigenvalue weighted by atomic mass is 10.2. The van der Waals surface area contributed by atoms with E-state index in [0.717, 1.165) is 15.3 Å². The van der Waals surface area contributed by atoms with Crippen LogP contribution < -0.4 is 10.2 Å². The molecule has 1 fully saturated rings. The number of nitrogens with one attached hydrogen (secondary N) is 1. The molecule has 1 aliphatic rings. The maximum absolute atomic E-state index is 12.8. The molecular formula is C17H15N3O3S2. The van der Waals surface area contributed by atoms with Gasteiger partial charge in [0.1, 0.15) is 11.0 Å². The number of para-hydroxylation sites is 1. The molecule has 1 N–H and O–H groups in total. The summed E-state index contributed by atoms with van der Waals surface area (Å²) in [7, 11) is 1.34. The number of rotatable bonds is 4. The van der Waals surface area contributed by atoms with Crippen LogP contribution in [0.5, 0.6) is 0 Å². The molecule has 25 heavy (non-hydrogen) atoms. The molecule has 0 saturated carbocycles. The largest absolute Gasteiger partial charge is 0.465 e. The minimum atomic E-state index is -0.424. The SMILES string of the molecule is COC(=O)c1ccsc1N1CCC(Nc2nc3ccccc3s2)C1=O. The fraction of sp³-hybridized carbons (Fsp3) is 0.235. The Hall–Kier alpha value is -2.45. The van der Waals surface area contributed by atoms with Gasteiger partial charge in [-0.05, 0) is 30.0 Å². The molecule has 2 aromatic heterocycles. The summed E-state index contributed by atoms with van der Waals surface area (Å²) in [4.78, 5) is 30.8. The molecular weight excluding hydrogens is 358 g/mol. The van der Waals surface area contributed by atoms with E-state index in [4.69, 9.17) is 4.74 Å². The van der Waals surface area contributed by atoms with Crippen molar-refractivity contribution in [2.45, 2.75) is 12.5 Å². The van der Waals surface area contributed by atoms with Gasteiger partial charge in [0.05, 0.1) is 22.9 Å². The molecule has 1 saturated heterocycles. The average Bonchev–Trinajstić information content (AvgIpc) is 3.33. The van der Waals surface area contributed by atoms with Crippen LogP contribution in [0, 0.1) is 0 Å². The fourth-order valence-electron chi connectivity index (χ4n) is 2.87. The second kappa shape index (κ2) is 6.45. The number of fused-ring (bicyclic) bond motifs is 1. The Bertz CT molecular complexity index is 916. The van der Waals surface area contributed by atoms with E-state index in [1.54, 1.807) is 16.3 Å². The smallest absolute Gasteiger partial charge is 0.340 e. The average molecular weight is 373 g/mol. The molecule has 8 heteroatoms. The molecule has 0 radical (unpaired) electrons. The van der Waals surface area contributed by atoms with Crippen LogP contribution in [0.3, 0.4) is 0 Å². The second-order valence-electron chi connectivity index (χ2n) is 5.59. The van der Waals surface area contributed by atoms with Gasteiger partial charge in [-0.3, -0.25) is 4.79 Å². The Balaban J connectivity index is 1.54. The number of nitrogens with zero attached hydrogens (tertiary/aromatic N) is 2. The van der Waals surface area contributed by atoms with Crippen molar-refractivity contribution in [3.05, 3.63) is 41.3 Å². The standard InChI is InChI=1S/C17H15N3O3S2/c1-23-16(22)10-7-9-24-15(10)20-8-6-12(14(20)21)19-17-18-11-4-2-3-5-13(11)25-17/h2-5,7,9,12H,6,8H2,1H3,(H,18,19). The third-order valence-corrected chi connectivity index (χ3v) is 6.00. The van der Waals surface area contributed by atoms with Crippen LogP contribution in [0.2, 0.25) is 0 Å². The third-order valence-electron chi connectivity index (χ3n) is 4.09. The number of carbonyl (C=O) groups is 2.